The summed E-state index contributed by atoms with van der Waals surface area (Å²) in [4.78, 5) is 13.2. The summed E-state index contributed by atoms with van der Waals surface area (Å²) in [6.07, 6.45) is 1.06. The van der Waals surface area contributed by atoms with Gasteiger partial charge in [0, 0.05) is 22.9 Å². The van der Waals surface area contributed by atoms with Gasteiger partial charge in [-0.3, -0.25) is 4.79 Å². The number of nitrogens with one attached hydrogen (secondary N) is 1. The van der Waals surface area contributed by atoms with Crippen LogP contribution in [0.5, 0.6) is 11.5 Å². The SMILES string of the molecule is COc1cc(F)c([C@H](C)NC(=O)CCc2cccs2)cc1OC. The van der Waals surface area contributed by atoms with Crippen LogP contribution in [0.15, 0.2) is 29.6 Å². The third kappa shape index (κ3) is 4.45. The Labute approximate surface area is 139 Å². The number of rotatable bonds is 7. The number of benzene rings is 1. The van der Waals surface area contributed by atoms with Crippen LogP contribution in [0.1, 0.15) is 29.8 Å². The number of amides is 1. The summed E-state index contributed by atoms with van der Waals surface area (Å²) in [7, 11) is 2.94. The number of thiophene rings is 1. The van der Waals surface area contributed by atoms with Crippen LogP contribution in [0.4, 0.5) is 4.39 Å². The van der Waals surface area contributed by atoms with Crippen LogP contribution in [0, 0.1) is 5.82 Å². The van der Waals surface area contributed by atoms with Gasteiger partial charge in [-0.15, -0.1) is 11.3 Å². The molecule has 0 saturated carbocycles. The lowest BCUT2D eigenvalue weighted by atomic mass is 10.1. The molecule has 0 aliphatic carbocycles. The van der Waals surface area contributed by atoms with Gasteiger partial charge in [-0.25, -0.2) is 4.39 Å². The molecule has 1 N–H and O–H groups in total. The number of halogens is 1. The summed E-state index contributed by atoms with van der Waals surface area (Å²) in [5.74, 6) is 0.211. The van der Waals surface area contributed by atoms with Gasteiger partial charge >= 0.3 is 0 Å². The molecule has 0 fully saturated rings. The minimum Gasteiger partial charge on any atom is -0.493 e. The van der Waals surface area contributed by atoms with Crippen molar-refractivity contribution in [2.45, 2.75) is 25.8 Å². The van der Waals surface area contributed by atoms with E-state index in [1.54, 1.807) is 24.3 Å². The Bertz CT molecular complexity index is 658. The molecule has 2 aromatic rings. The first-order valence-corrected chi connectivity index (χ1v) is 8.16. The first-order valence-electron chi connectivity index (χ1n) is 7.28. The fraction of sp³-hybridized carbons (Fsp3) is 0.353. The fourth-order valence-electron chi connectivity index (χ4n) is 2.28. The number of carbonyl (C=O) groups excluding carboxylic acids is 1. The molecule has 2 rings (SSSR count). The second kappa shape index (κ2) is 7.97. The predicted molar refractivity (Wildman–Crippen MR) is 88.7 cm³/mol. The highest BCUT2D eigenvalue weighted by atomic mass is 32.1. The van der Waals surface area contributed by atoms with Gasteiger partial charge in [-0.2, -0.15) is 0 Å². The zero-order valence-corrected chi connectivity index (χ0v) is 14.2. The van der Waals surface area contributed by atoms with E-state index in [0.717, 1.165) is 4.88 Å². The van der Waals surface area contributed by atoms with Gasteiger partial charge in [-0.05, 0) is 30.9 Å². The minimum atomic E-state index is -0.453. The van der Waals surface area contributed by atoms with Gasteiger partial charge < -0.3 is 14.8 Å². The zero-order valence-electron chi connectivity index (χ0n) is 13.4. The Morgan fingerprint density at radius 1 is 1.30 bits per heavy atom. The summed E-state index contributed by atoms with van der Waals surface area (Å²) >= 11 is 1.62. The van der Waals surface area contributed by atoms with Crippen LogP contribution < -0.4 is 14.8 Å². The van der Waals surface area contributed by atoms with E-state index in [-0.39, 0.29) is 5.91 Å². The van der Waals surface area contributed by atoms with Crippen LogP contribution in [0.2, 0.25) is 0 Å². The fourth-order valence-corrected chi connectivity index (χ4v) is 2.99. The Kier molecular flexibility index (Phi) is 5.98. The molecule has 0 aliphatic rings. The van der Waals surface area contributed by atoms with Crippen molar-refractivity contribution in [2.75, 3.05) is 14.2 Å². The second-order valence-corrected chi connectivity index (χ2v) is 6.13. The van der Waals surface area contributed by atoms with Crippen molar-refractivity contribution in [3.63, 3.8) is 0 Å². The third-order valence-electron chi connectivity index (χ3n) is 3.53. The molecular weight excluding hydrogens is 317 g/mol. The maximum absolute atomic E-state index is 14.2. The molecule has 0 saturated heterocycles. The van der Waals surface area contributed by atoms with Gasteiger partial charge in [-0.1, -0.05) is 6.07 Å². The van der Waals surface area contributed by atoms with Gasteiger partial charge in [0.05, 0.1) is 20.3 Å². The van der Waals surface area contributed by atoms with Gasteiger partial charge in [0.1, 0.15) is 5.82 Å². The van der Waals surface area contributed by atoms with Crippen LogP contribution >= 0.6 is 11.3 Å². The van der Waals surface area contributed by atoms with Crippen LogP contribution in [-0.2, 0) is 11.2 Å². The van der Waals surface area contributed by atoms with Crippen molar-refractivity contribution >= 4 is 17.2 Å². The maximum atomic E-state index is 14.2. The molecule has 0 radical (unpaired) electrons. The first-order chi connectivity index (χ1) is 11.0. The van der Waals surface area contributed by atoms with E-state index in [1.807, 2.05) is 17.5 Å². The molecule has 6 heteroatoms. The summed E-state index contributed by atoms with van der Waals surface area (Å²) in [5, 5.41) is 4.80. The van der Waals surface area contributed by atoms with E-state index in [0.29, 0.717) is 29.9 Å². The maximum Gasteiger partial charge on any atom is 0.220 e. The number of hydrogen-bond acceptors (Lipinski definition) is 4. The van der Waals surface area contributed by atoms with E-state index in [1.165, 1.54) is 20.3 Å². The Morgan fingerprint density at radius 2 is 2.00 bits per heavy atom. The quantitative estimate of drug-likeness (QED) is 0.838. The minimum absolute atomic E-state index is 0.111. The second-order valence-electron chi connectivity index (χ2n) is 5.10. The van der Waals surface area contributed by atoms with Crippen molar-refractivity contribution < 1.29 is 18.7 Å². The van der Waals surface area contributed by atoms with E-state index in [9.17, 15) is 9.18 Å². The molecule has 0 spiro atoms. The largest absolute Gasteiger partial charge is 0.493 e. The van der Waals surface area contributed by atoms with Crippen molar-refractivity contribution in [3.05, 3.63) is 45.9 Å². The van der Waals surface area contributed by atoms with Crippen molar-refractivity contribution in [2.24, 2.45) is 0 Å². The third-order valence-corrected chi connectivity index (χ3v) is 4.46. The average molecular weight is 337 g/mol. The molecule has 1 aromatic carbocycles. The Morgan fingerprint density at radius 3 is 2.61 bits per heavy atom. The van der Waals surface area contributed by atoms with E-state index >= 15 is 0 Å². The number of hydrogen-bond donors (Lipinski definition) is 1. The number of methoxy groups -OCH3 is 2. The monoisotopic (exact) mass is 337 g/mol. The molecule has 23 heavy (non-hydrogen) atoms. The normalized spacial score (nSPS) is 11.8. The molecule has 1 aromatic heterocycles. The van der Waals surface area contributed by atoms with Gasteiger partial charge in [0.25, 0.3) is 0 Å². The Hall–Kier alpha value is -2.08. The molecule has 0 aliphatic heterocycles. The Balaban J connectivity index is 2.02. The van der Waals surface area contributed by atoms with Crippen LogP contribution in [0.25, 0.3) is 0 Å². The van der Waals surface area contributed by atoms with E-state index in [2.05, 4.69) is 5.32 Å². The lowest BCUT2D eigenvalue weighted by Crippen LogP contribution is -2.27. The number of carbonyl (C=O) groups is 1. The van der Waals surface area contributed by atoms with Gasteiger partial charge in [0.2, 0.25) is 5.91 Å². The summed E-state index contributed by atoms with van der Waals surface area (Å²) in [6.45, 7) is 1.74. The molecule has 4 nitrogen and oxygen atoms in total. The zero-order chi connectivity index (χ0) is 16.8. The van der Waals surface area contributed by atoms with Gasteiger partial charge in [0.15, 0.2) is 11.5 Å². The summed E-state index contributed by atoms with van der Waals surface area (Å²) in [6, 6.07) is 6.32. The molecule has 1 atom stereocenters. The number of aryl methyl sites for hydroxylation is 1. The molecule has 0 unspecified atom stereocenters. The highest BCUT2D eigenvalue weighted by molar-refractivity contribution is 7.09. The summed E-state index contributed by atoms with van der Waals surface area (Å²) in [5.41, 5.74) is 0.368. The lowest BCUT2D eigenvalue weighted by molar-refractivity contribution is -0.121. The molecular formula is C17H20FNO3S. The highest BCUT2D eigenvalue weighted by Gasteiger charge is 2.17. The predicted octanol–water partition coefficient (Wildman–Crippen LogP) is 3.71. The van der Waals surface area contributed by atoms with Crippen LogP contribution in [0.3, 0.4) is 0 Å². The molecule has 0 bridgehead atoms. The van der Waals surface area contributed by atoms with Crippen molar-refractivity contribution in [3.8, 4) is 11.5 Å². The topological polar surface area (TPSA) is 47.6 Å². The molecule has 1 amide bonds. The van der Waals surface area contributed by atoms with E-state index in [4.69, 9.17) is 9.47 Å². The van der Waals surface area contributed by atoms with Crippen LogP contribution in [-0.4, -0.2) is 20.1 Å². The average Bonchev–Trinajstić information content (AvgIpc) is 3.05. The standard InChI is InChI=1S/C17H20FNO3S/c1-11(19-17(20)7-6-12-5-4-8-23-12)13-9-15(21-2)16(22-3)10-14(13)18/h4-5,8-11H,6-7H2,1-3H3,(H,19,20)/t11-/m0/s1. The first kappa shape index (κ1) is 17.3. The number of ether oxygens (including phenoxy) is 2. The highest BCUT2D eigenvalue weighted by Crippen LogP contribution is 2.32. The lowest BCUT2D eigenvalue weighted by Gasteiger charge is -2.17. The van der Waals surface area contributed by atoms with Crippen molar-refractivity contribution in [1.29, 1.82) is 0 Å². The molecule has 1 heterocycles. The summed E-state index contributed by atoms with van der Waals surface area (Å²) < 4.78 is 24.4. The van der Waals surface area contributed by atoms with E-state index < -0.39 is 11.9 Å². The smallest absolute Gasteiger partial charge is 0.220 e. The van der Waals surface area contributed by atoms with Crippen molar-refractivity contribution in [1.82, 2.24) is 5.32 Å². The molecule has 124 valence electrons.